The van der Waals surface area contributed by atoms with Gasteiger partial charge in [0.25, 0.3) is 5.91 Å². The molecule has 172 valence electrons. The van der Waals surface area contributed by atoms with Gasteiger partial charge >= 0.3 is 0 Å². The van der Waals surface area contributed by atoms with E-state index in [9.17, 15) is 9.59 Å². The van der Waals surface area contributed by atoms with E-state index < -0.39 is 0 Å². The van der Waals surface area contributed by atoms with Crippen molar-refractivity contribution in [2.75, 3.05) is 18.4 Å². The average Bonchev–Trinajstić information content (AvgIpc) is 3.24. The van der Waals surface area contributed by atoms with Gasteiger partial charge in [0.2, 0.25) is 5.91 Å². The van der Waals surface area contributed by atoms with Gasteiger partial charge in [0, 0.05) is 24.8 Å². The molecule has 1 aliphatic heterocycles. The molecule has 2 heterocycles. The number of nitrogens with one attached hydrogen (secondary N) is 2. The second kappa shape index (κ2) is 10.3. The average molecular weight is 463 g/mol. The summed E-state index contributed by atoms with van der Waals surface area (Å²) in [6.45, 7) is 7.34. The third kappa shape index (κ3) is 5.49. The largest absolute Gasteiger partial charge is 0.348 e. The number of aromatic nitrogens is 1. The molecule has 3 aromatic rings. The molecule has 1 saturated heterocycles. The summed E-state index contributed by atoms with van der Waals surface area (Å²) in [4.78, 5) is 33.1. The third-order valence-corrected chi connectivity index (χ3v) is 7.12. The van der Waals surface area contributed by atoms with Crippen molar-refractivity contribution < 1.29 is 9.59 Å². The Hall–Kier alpha value is -3.03. The highest BCUT2D eigenvalue weighted by molar-refractivity contribution is 7.11. The molecule has 0 bridgehead atoms. The highest BCUT2D eigenvalue weighted by Crippen LogP contribution is 2.28. The molecule has 2 N–H and O–H groups in total. The summed E-state index contributed by atoms with van der Waals surface area (Å²) in [6, 6.07) is 15.7. The van der Waals surface area contributed by atoms with E-state index in [0.29, 0.717) is 4.88 Å². The number of piperidine rings is 1. The fourth-order valence-electron chi connectivity index (χ4n) is 4.31. The zero-order chi connectivity index (χ0) is 23.4. The Bertz CT molecular complexity index is 1120. The number of hydrogen-bond donors (Lipinski definition) is 2. The van der Waals surface area contributed by atoms with Gasteiger partial charge in [-0.05, 0) is 56.4 Å². The first-order valence-electron chi connectivity index (χ1n) is 11.3. The van der Waals surface area contributed by atoms with Crippen molar-refractivity contribution in [1.82, 2.24) is 15.2 Å². The van der Waals surface area contributed by atoms with Crippen LogP contribution in [-0.4, -0.2) is 40.8 Å². The van der Waals surface area contributed by atoms with Crippen molar-refractivity contribution in [3.05, 3.63) is 81.3 Å². The lowest BCUT2D eigenvalue weighted by Gasteiger charge is -2.37. The first kappa shape index (κ1) is 23.1. The lowest BCUT2D eigenvalue weighted by atomic mass is 9.98. The predicted octanol–water partition coefficient (Wildman–Crippen LogP) is 4.64. The minimum absolute atomic E-state index is 0.0299. The van der Waals surface area contributed by atoms with E-state index in [0.717, 1.165) is 54.0 Å². The molecule has 1 atom stereocenters. The van der Waals surface area contributed by atoms with Crippen LogP contribution in [0.25, 0.3) is 0 Å². The van der Waals surface area contributed by atoms with Gasteiger partial charge in [-0.1, -0.05) is 42.5 Å². The van der Waals surface area contributed by atoms with E-state index in [1.54, 1.807) is 5.51 Å². The van der Waals surface area contributed by atoms with E-state index in [4.69, 9.17) is 0 Å². The molecule has 6 nitrogen and oxygen atoms in total. The number of likely N-dealkylation sites (tertiary alicyclic amines) is 1. The Morgan fingerprint density at radius 2 is 1.79 bits per heavy atom. The number of nitrogens with zero attached hydrogens (tertiary/aromatic N) is 2. The van der Waals surface area contributed by atoms with Gasteiger partial charge < -0.3 is 10.6 Å². The standard InChI is InChI=1S/C26H30N4O2S/c1-17-9-10-18(2)22(15-17)29-25(31)23(20-7-5-4-6-8-20)30-13-11-21(12-14-30)28-26(32)24-19(3)27-16-33-24/h4-10,15-16,21,23H,11-14H2,1-3H3,(H,28,32)(H,29,31). The molecule has 0 saturated carbocycles. The van der Waals surface area contributed by atoms with E-state index in [1.165, 1.54) is 11.3 Å². The fourth-order valence-corrected chi connectivity index (χ4v) is 5.01. The van der Waals surface area contributed by atoms with Gasteiger partial charge in [-0.15, -0.1) is 11.3 Å². The van der Waals surface area contributed by atoms with Gasteiger partial charge in [-0.2, -0.15) is 0 Å². The lowest BCUT2D eigenvalue weighted by molar-refractivity contribution is -0.122. The lowest BCUT2D eigenvalue weighted by Crippen LogP contribution is -2.48. The molecule has 0 spiro atoms. The number of benzene rings is 2. The van der Waals surface area contributed by atoms with Crippen molar-refractivity contribution in [1.29, 1.82) is 0 Å². The number of carbonyl (C=O) groups excluding carboxylic acids is 2. The van der Waals surface area contributed by atoms with Gasteiger partial charge in [0.15, 0.2) is 0 Å². The molecular formula is C26H30N4O2S. The van der Waals surface area contributed by atoms with Crippen LogP contribution in [-0.2, 0) is 4.79 Å². The van der Waals surface area contributed by atoms with E-state index in [-0.39, 0.29) is 23.9 Å². The Labute approximate surface area is 199 Å². The monoisotopic (exact) mass is 462 g/mol. The summed E-state index contributed by atoms with van der Waals surface area (Å²) in [5.41, 5.74) is 6.44. The SMILES string of the molecule is Cc1ccc(C)c(NC(=O)C(c2ccccc2)N2CCC(NC(=O)c3scnc3C)CC2)c1. The Morgan fingerprint density at radius 3 is 2.45 bits per heavy atom. The summed E-state index contributed by atoms with van der Waals surface area (Å²) >= 11 is 1.37. The predicted molar refractivity (Wildman–Crippen MR) is 133 cm³/mol. The van der Waals surface area contributed by atoms with Gasteiger partial charge in [0.05, 0.1) is 11.2 Å². The molecule has 2 aromatic carbocycles. The highest BCUT2D eigenvalue weighted by Gasteiger charge is 2.32. The normalized spacial score (nSPS) is 15.7. The van der Waals surface area contributed by atoms with E-state index in [1.807, 2.05) is 69.3 Å². The smallest absolute Gasteiger partial charge is 0.263 e. The Morgan fingerprint density at radius 1 is 1.06 bits per heavy atom. The molecular weight excluding hydrogens is 432 g/mol. The fraction of sp³-hybridized carbons (Fsp3) is 0.346. The van der Waals surface area contributed by atoms with E-state index >= 15 is 0 Å². The maximum atomic E-state index is 13.5. The van der Waals surface area contributed by atoms with E-state index in [2.05, 4.69) is 20.5 Å². The number of carbonyl (C=O) groups is 2. The summed E-state index contributed by atoms with van der Waals surface area (Å²) in [5, 5.41) is 6.31. The van der Waals surface area contributed by atoms with Crippen LogP contribution in [0.4, 0.5) is 5.69 Å². The number of aryl methyl sites for hydroxylation is 3. The maximum Gasteiger partial charge on any atom is 0.263 e. The number of amides is 2. The second-order valence-corrected chi connectivity index (χ2v) is 9.53. The highest BCUT2D eigenvalue weighted by atomic mass is 32.1. The van der Waals surface area contributed by atoms with Crippen LogP contribution < -0.4 is 10.6 Å². The molecule has 1 aromatic heterocycles. The van der Waals surface area contributed by atoms with Gasteiger partial charge in [0.1, 0.15) is 10.9 Å². The van der Waals surface area contributed by atoms with Crippen molar-refractivity contribution in [3.8, 4) is 0 Å². The van der Waals surface area contributed by atoms with Crippen LogP contribution >= 0.6 is 11.3 Å². The zero-order valence-electron chi connectivity index (χ0n) is 19.3. The van der Waals surface area contributed by atoms with Crippen LogP contribution in [0.15, 0.2) is 54.0 Å². The molecule has 1 unspecified atom stereocenters. The quantitative estimate of drug-likeness (QED) is 0.560. The van der Waals surface area contributed by atoms with Gasteiger partial charge in [-0.3, -0.25) is 14.5 Å². The summed E-state index contributed by atoms with van der Waals surface area (Å²) in [7, 11) is 0. The number of anilines is 1. The first-order valence-corrected chi connectivity index (χ1v) is 12.2. The first-order chi connectivity index (χ1) is 15.9. The van der Waals surface area contributed by atoms with Crippen LogP contribution in [0.5, 0.6) is 0 Å². The topological polar surface area (TPSA) is 74.3 Å². The minimum Gasteiger partial charge on any atom is -0.348 e. The molecule has 4 rings (SSSR count). The molecule has 2 amide bonds. The zero-order valence-corrected chi connectivity index (χ0v) is 20.1. The molecule has 33 heavy (non-hydrogen) atoms. The Balaban J connectivity index is 1.46. The minimum atomic E-state index is -0.383. The van der Waals surface area contributed by atoms with Crippen LogP contribution in [0.2, 0.25) is 0 Å². The number of hydrogen-bond acceptors (Lipinski definition) is 5. The summed E-state index contributed by atoms with van der Waals surface area (Å²) < 4.78 is 0. The molecule has 7 heteroatoms. The molecule has 0 radical (unpaired) electrons. The van der Waals surface area contributed by atoms with Crippen molar-refractivity contribution in [3.63, 3.8) is 0 Å². The third-order valence-electron chi connectivity index (χ3n) is 6.20. The van der Waals surface area contributed by atoms with Crippen LogP contribution in [0.1, 0.15) is 50.9 Å². The Kier molecular flexibility index (Phi) is 7.20. The van der Waals surface area contributed by atoms with Crippen molar-refractivity contribution >= 4 is 28.8 Å². The van der Waals surface area contributed by atoms with Crippen LogP contribution in [0, 0.1) is 20.8 Å². The van der Waals surface area contributed by atoms with Crippen molar-refractivity contribution in [2.45, 2.75) is 45.7 Å². The summed E-state index contributed by atoms with van der Waals surface area (Å²) in [6.07, 6.45) is 1.59. The molecule has 1 fully saturated rings. The van der Waals surface area contributed by atoms with Crippen molar-refractivity contribution in [2.24, 2.45) is 0 Å². The number of thiazole rings is 1. The van der Waals surface area contributed by atoms with Crippen LogP contribution in [0.3, 0.4) is 0 Å². The second-order valence-electron chi connectivity index (χ2n) is 8.67. The molecule has 1 aliphatic rings. The molecule has 0 aliphatic carbocycles. The van der Waals surface area contributed by atoms with Gasteiger partial charge in [-0.25, -0.2) is 4.98 Å². The summed E-state index contributed by atoms with van der Waals surface area (Å²) in [5.74, 6) is -0.0848. The maximum absolute atomic E-state index is 13.5. The number of rotatable bonds is 6.